The summed E-state index contributed by atoms with van der Waals surface area (Å²) in [6.45, 7) is 1.72. The van der Waals surface area contributed by atoms with Crippen LogP contribution in [0.15, 0.2) is 48.0 Å². The second kappa shape index (κ2) is 7.43. The summed E-state index contributed by atoms with van der Waals surface area (Å²) in [6, 6.07) is 8.65. The highest BCUT2D eigenvalue weighted by atomic mass is 32.1. The number of nitrogens with one attached hydrogen (secondary N) is 2. The van der Waals surface area contributed by atoms with Crippen LogP contribution < -0.4 is 10.8 Å². The third-order valence-electron chi connectivity index (χ3n) is 4.37. The topological polar surface area (TPSA) is 91.5 Å². The van der Waals surface area contributed by atoms with Gasteiger partial charge in [0.25, 0.3) is 5.91 Å². The van der Waals surface area contributed by atoms with Crippen molar-refractivity contribution in [2.24, 2.45) is 0 Å². The fourth-order valence-electron chi connectivity index (χ4n) is 2.97. The Balaban J connectivity index is 1.64. The van der Waals surface area contributed by atoms with Crippen molar-refractivity contribution in [2.45, 2.75) is 13.1 Å². The summed E-state index contributed by atoms with van der Waals surface area (Å²) >= 11 is 1.28. The predicted octanol–water partition coefficient (Wildman–Crippen LogP) is 4.65. The van der Waals surface area contributed by atoms with E-state index in [-0.39, 0.29) is 5.56 Å². The summed E-state index contributed by atoms with van der Waals surface area (Å²) in [5, 5.41) is 14.0. The number of benzene rings is 1. The van der Waals surface area contributed by atoms with Gasteiger partial charge in [-0.25, -0.2) is 15.4 Å². The SMILES string of the molecule is Cc1nc2ccc(C(F)(F)F)cn2c1-c1csc(Nc2ccc(C(=O)NO)cc2)n1. The quantitative estimate of drug-likeness (QED) is 0.322. The number of imidazole rings is 1. The smallest absolute Gasteiger partial charge is 0.332 e. The zero-order valence-electron chi connectivity index (χ0n) is 15.4. The van der Waals surface area contributed by atoms with Crippen molar-refractivity contribution >= 4 is 33.7 Å². The monoisotopic (exact) mass is 433 g/mol. The number of hydroxylamine groups is 1. The van der Waals surface area contributed by atoms with Crippen LogP contribution in [0.25, 0.3) is 17.0 Å². The lowest BCUT2D eigenvalue weighted by atomic mass is 10.2. The first kappa shape index (κ1) is 19.9. The number of carbonyl (C=O) groups excluding carboxylic acids is 1. The maximum Gasteiger partial charge on any atom is 0.417 e. The number of aryl methyl sites for hydroxylation is 1. The maximum absolute atomic E-state index is 13.1. The van der Waals surface area contributed by atoms with Gasteiger partial charge in [0, 0.05) is 22.8 Å². The van der Waals surface area contributed by atoms with Crippen molar-refractivity contribution in [1.29, 1.82) is 0 Å². The molecule has 3 N–H and O–H groups in total. The fraction of sp³-hybridized carbons (Fsp3) is 0.105. The van der Waals surface area contributed by atoms with Crippen LogP contribution in [0, 0.1) is 6.92 Å². The molecule has 3 aromatic heterocycles. The van der Waals surface area contributed by atoms with Gasteiger partial charge in [-0.15, -0.1) is 11.3 Å². The Labute approximate surface area is 171 Å². The molecule has 7 nitrogen and oxygen atoms in total. The third kappa shape index (κ3) is 3.72. The molecule has 0 saturated carbocycles. The van der Waals surface area contributed by atoms with E-state index in [0.29, 0.717) is 33.5 Å². The molecule has 0 aliphatic heterocycles. The van der Waals surface area contributed by atoms with E-state index >= 15 is 0 Å². The number of rotatable bonds is 4. The molecule has 4 aromatic rings. The molecule has 0 spiro atoms. The molecule has 0 atom stereocenters. The van der Waals surface area contributed by atoms with E-state index in [4.69, 9.17) is 5.21 Å². The number of alkyl halides is 3. The number of thiazole rings is 1. The molecule has 1 aromatic carbocycles. The van der Waals surface area contributed by atoms with Crippen LogP contribution in [0.1, 0.15) is 21.6 Å². The first-order valence-corrected chi connectivity index (χ1v) is 9.47. The van der Waals surface area contributed by atoms with Crippen molar-refractivity contribution in [3.63, 3.8) is 0 Å². The highest BCUT2D eigenvalue weighted by Crippen LogP contribution is 2.33. The molecule has 0 bridgehead atoms. The Bertz CT molecular complexity index is 1230. The number of hydrogen-bond donors (Lipinski definition) is 3. The lowest BCUT2D eigenvalue weighted by Gasteiger charge is -2.08. The van der Waals surface area contributed by atoms with Gasteiger partial charge < -0.3 is 5.32 Å². The fourth-order valence-corrected chi connectivity index (χ4v) is 3.69. The van der Waals surface area contributed by atoms with Gasteiger partial charge in [0.1, 0.15) is 11.3 Å². The molecule has 0 saturated heterocycles. The number of fused-ring (bicyclic) bond motifs is 1. The van der Waals surface area contributed by atoms with Crippen LogP contribution in [0.4, 0.5) is 24.0 Å². The minimum atomic E-state index is -4.46. The molecule has 0 fully saturated rings. The van der Waals surface area contributed by atoms with E-state index in [2.05, 4.69) is 15.3 Å². The first-order chi connectivity index (χ1) is 14.3. The molecule has 1 amide bonds. The van der Waals surface area contributed by atoms with Crippen LogP contribution in [-0.2, 0) is 6.18 Å². The van der Waals surface area contributed by atoms with Gasteiger partial charge in [-0.1, -0.05) is 0 Å². The molecule has 11 heteroatoms. The van der Waals surface area contributed by atoms with Crippen molar-refractivity contribution in [3.8, 4) is 11.4 Å². The number of nitrogens with zero attached hydrogens (tertiary/aromatic N) is 3. The lowest BCUT2D eigenvalue weighted by molar-refractivity contribution is -0.137. The van der Waals surface area contributed by atoms with Crippen LogP contribution in [0.5, 0.6) is 0 Å². The number of hydrogen-bond acceptors (Lipinski definition) is 6. The van der Waals surface area contributed by atoms with E-state index in [1.54, 1.807) is 29.9 Å². The zero-order chi connectivity index (χ0) is 21.5. The molecule has 30 heavy (non-hydrogen) atoms. The second-order valence-corrected chi connectivity index (χ2v) is 7.23. The summed E-state index contributed by atoms with van der Waals surface area (Å²) < 4.78 is 40.7. The van der Waals surface area contributed by atoms with Crippen molar-refractivity contribution < 1.29 is 23.2 Å². The van der Waals surface area contributed by atoms with Gasteiger partial charge in [-0.3, -0.25) is 14.4 Å². The van der Waals surface area contributed by atoms with Crippen LogP contribution >= 0.6 is 11.3 Å². The number of pyridine rings is 1. The number of anilines is 2. The summed E-state index contributed by atoms with van der Waals surface area (Å²) in [6.07, 6.45) is -3.44. The lowest BCUT2D eigenvalue weighted by Crippen LogP contribution is -2.18. The average molecular weight is 433 g/mol. The van der Waals surface area contributed by atoms with E-state index in [1.807, 2.05) is 0 Å². The Hall–Kier alpha value is -3.44. The highest BCUT2D eigenvalue weighted by molar-refractivity contribution is 7.14. The molecule has 0 aliphatic carbocycles. The van der Waals surface area contributed by atoms with Crippen molar-refractivity contribution in [3.05, 3.63) is 64.8 Å². The molecule has 4 rings (SSSR count). The number of aromatic nitrogens is 3. The summed E-state index contributed by atoms with van der Waals surface area (Å²) in [7, 11) is 0. The summed E-state index contributed by atoms with van der Waals surface area (Å²) in [5.41, 5.74) is 3.65. The Morgan fingerprint density at radius 3 is 2.53 bits per heavy atom. The average Bonchev–Trinajstić information content (AvgIpc) is 3.29. The molecule has 3 heterocycles. The first-order valence-electron chi connectivity index (χ1n) is 8.59. The van der Waals surface area contributed by atoms with Gasteiger partial charge in [-0.2, -0.15) is 13.2 Å². The normalized spacial score (nSPS) is 11.6. The maximum atomic E-state index is 13.1. The van der Waals surface area contributed by atoms with Crippen LogP contribution in [0.3, 0.4) is 0 Å². The highest BCUT2D eigenvalue weighted by Gasteiger charge is 2.31. The number of carbonyl (C=O) groups is 1. The van der Waals surface area contributed by atoms with Crippen LogP contribution in [-0.4, -0.2) is 25.5 Å². The van der Waals surface area contributed by atoms with Gasteiger partial charge >= 0.3 is 6.18 Å². The van der Waals surface area contributed by atoms with Gasteiger partial charge in [0.15, 0.2) is 5.13 Å². The van der Waals surface area contributed by atoms with E-state index in [9.17, 15) is 18.0 Å². The minimum absolute atomic E-state index is 0.282. The van der Waals surface area contributed by atoms with Gasteiger partial charge in [-0.05, 0) is 43.3 Å². The summed E-state index contributed by atoms with van der Waals surface area (Å²) in [4.78, 5) is 20.2. The minimum Gasteiger partial charge on any atom is -0.332 e. The predicted molar refractivity (Wildman–Crippen MR) is 105 cm³/mol. The van der Waals surface area contributed by atoms with Crippen LogP contribution in [0.2, 0.25) is 0 Å². The number of halogens is 3. The molecular formula is C19H14F3N5O2S. The van der Waals surface area contributed by atoms with E-state index in [1.165, 1.54) is 33.9 Å². The Morgan fingerprint density at radius 1 is 1.13 bits per heavy atom. The molecule has 0 aliphatic rings. The van der Waals surface area contributed by atoms with E-state index < -0.39 is 17.6 Å². The van der Waals surface area contributed by atoms with E-state index in [0.717, 1.165) is 12.3 Å². The van der Waals surface area contributed by atoms with Gasteiger partial charge in [0.2, 0.25) is 0 Å². The molecular weight excluding hydrogens is 419 g/mol. The molecule has 154 valence electrons. The Kier molecular flexibility index (Phi) is 4.92. The summed E-state index contributed by atoms with van der Waals surface area (Å²) in [5.74, 6) is -0.626. The standard InChI is InChI=1S/C19H14F3N5O2S/c1-10-16(27-8-12(19(20,21)22)4-7-15(27)23-10)14-9-30-18(25-14)24-13-5-2-11(3-6-13)17(28)26-29/h2-9,29H,1H3,(H,24,25)(H,26,28). The molecule has 0 unspecified atom stereocenters. The molecule has 0 radical (unpaired) electrons. The van der Waals surface area contributed by atoms with Crippen molar-refractivity contribution in [1.82, 2.24) is 19.8 Å². The number of amides is 1. The second-order valence-electron chi connectivity index (χ2n) is 6.37. The van der Waals surface area contributed by atoms with Gasteiger partial charge in [0.05, 0.1) is 17.0 Å². The largest absolute Gasteiger partial charge is 0.417 e. The third-order valence-corrected chi connectivity index (χ3v) is 5.12. The van der Waals surface area contributed by atoms with Crippen molar-refractivity contribution in [2.75, 3.05) is 5.32 Å². The zero-order valence-corrected chi connectivity index (χ0v) is 16.2. The Morgan fingerprint density at radius 2 is 1.87 bits per heavy atom.